The van der Waals surface area contributed by atoms with E-state index in [0.29, 0.717) is 26.1 Å². The second kappa shape index (κ2) is 9.07. The molecule has 1 rings (SSSR count). The van der Waals surface area contributed by atoms with Crippen LogP contribution >= 0.6 is 11.8 Å². The zero-order chi connectivity index (χ0) is 15.0. The minimum Gasteiger partial charge on any atom is -0.450 e. The number of ether oxygens (including phenoxy) is 1. The van der Waals surface area contributed by atoms with Crippen molar-refractivity contribution in [3.05, 3.63) is 0 Å². The lowest BCUT2D eigenvalue weighted by molar-refractivity contribution is -0.134. The van der Waals surface area contributed by atoms with Crippen LogP contribution in [-0.2, 0) is 9.53 Å². The molecule has 1 fully saturated rings. The highest BCUT2D eigenvalue weighted by Gasteiger charge is 2.27. The van der Waals surface area contributed by atoms with Crippen molar-refractivity contribution in [2.24, 2.45) is 5.73 Å². The molecule has 3 N–H and O–H groups in total. The summed E-state index contributed by atoms with van der Waals surface area (Å²) in [4.78, 5) is 25.4. The van der Waals surface area contributed by atoms with Crippen LogP contribution in [0.15, 0.2) is 0 Å². The molecular weight excluding hydrogens is 278 g/mol. The Morgan fingerprint density at radius 2 is 2.30 bits per heavy atom. The number of hydrogen-bond acceptors (Lipinski definition) is 5. The molecule has 0 radical (unpaired) electrons. The van der Waals surface area contributed by atoms with E-state index in [1.165, 1.54) is 0 Å². The summed E-state index contributed by atoms with van der Waals surface area (Å²) in [6.07, 6.45) is 4.00. The normalized spacial score (nSPS) is 20.4. The molecule has 116 valence electrons. The molecule has 0 aromatic rings. The zero-order valence-corrected chi connectivity index (χ0v) is 13.1. The Bertz CT molecular complexity index is 328. The highest BCUT2D eigenvalue weighted by atomic mass is 32.2. The van der Waals surface area contributed by atoms with Crippen LogP contribution in [0.4, 0.5) is 4.79 Å². The van der Waals surface area contributed by atoms with Crippen LogP contribution in [0.5, 0.6) is 0 Å². The molecule has 1 saturated heterocycles. The first kappa shape index (κ1) is 17.1. The third-order valence-electron chi connectivity index (χ3n) is 3.28. The van der Waals surface area contributed by atoms with Crippen molar-refractivity contribution in [2.45, 2.75) is 38.3 Å². The Morgan fingerprint density at radius 1 is 1.55 bits per heavy atom. The van der Waals surface area contributed by atoms with Crippen molar-refractivity contribution in [2.75, 3.05) is 31.7 Å². The van der Waals surface area contributed by atoms with Gasteiger partial charge in [0.25, 0.3) is 0 Å². The van der Waals surface area contributed by atoms with E-state index in [0.717, 1.165) is 18.6 Å². The summed E-state index contributed by atoms with van der Waals surface area (Å²) >= 11 is 1.68. The molecule has 1 aliphatic rings. The average molecular weight is 303 g/mol. The Morgan fingerprint density at radius 3 is 2.95 bits per heavy atom. The van der Waals surface area contributed by atoms with Gasteiger partial charge in [-0.25, -0.2) is 4.79 Å². The molecular formula is C13H25N3O3S. The molecule has 0 spiro atoms. The number of rotatable bonds is 6. The van der Waals surface area contributed by atoms with E-state index < -0.39 is 12.1 Å². The number of thioether (sulfide) groups is 1. The van der Waals surface area contributed by atoms with Gasteiger partial charge >= 0.3 is 6.09 Å². The van der Waals surface area contributed by atoms with Crippen LogP contribution in [0, 0.1) is 0 Å². The number of nitrogens with two attached hydrogens (primary N) is 1. The van der Waals surface area contributed by atoms with Crippen molar-refractivity contribution in [1.82, 2.24) is 10.2 Å². The van der Waals surface area contributed by atoms with Crippen LogP contribution in [0.3, 0.4) is 0 Å². The highest BCUT2D eigenvalue weighted by Crippen LogP contribution is 2.12. The molecule has 1 heterocycles. The SMILES string of the molecule is CCOC(=O)NC1CCCN(C(=O)[C@@H](N)CCSC)C1. The van der Waals surface area contributed by atoms with E-state index >= 15 is 0 Å². The molecule has 0 saturated carbocycles. The highest BCUT2D eigenvalue weighted by molar-refractivity contribution is 7.98. The molecule has 20 heavy (non-hydrogen) atoms. The average Bonchev–Trinajstić information content (AvgIpc) is 2.44. The van der Waals surface area contributed by atoms with Gasteiger partial charge in [0, 0.05) is 19.1 Å². The zero-order valence-electron chi connectivity index (χ0n) is 12.3. The molecule has 2 amide bonds. The molecule has 2 atom stereocenters. The Labute approximate surface area is 124 Å². The van der Waals surface area contributed by atoms with E-state index in [1.807, 2.05) is 6.26 Å². The van der Waals surface area contributed by atoms with Crippen molar-refractivity contribution in [1.29, 1.82) is 0 Å². The molecule has 1 unspecified atom stereocenters. The Kier molecular flexibility index (Phi) is 7.76. The Hall–Kier alpha value is -0.950. The maximum Gasteiger partial charge on any atom is 0.407 e. The minimum absolute atomic E-state index is 0.0191. The fourth-order valence-electron chi connectivity index (χ4n) is 2.24. The fraction of sp³-hybridized carbons (Fsp3) is 0.846. The summed E-state index contributed by atoms with van der Waals surface area (Å²) in [7, 11) is 0. The molecule has 0 bridgehead atoms. The van der Waals surface area contributed by atoms with Crippen LogP contribution < -0.4 is 11.1 Å². The van der Waals surface area contributed by atoms with Gasteiger partial charge in [0.1, 0.15) is 0 Å². The number of piperidine rings is 1. The largest absolute Gasteiger partial charge is 0.450 e. The van der Waals surface area contributed by atoms with E-state index in [2.05, 4.69) is 5.32 Å². The first-order valence-corrected chi connectivity index (χ1v) is 8.44. The lowest BCUT2D eigenvalue weighted by atomic mass is 10.0. The van der Waals surface area contributed by atoms with Crippen molar-refractivity contribution in [3.63, 3.8) is 0 Å². The number of carbonyl (C=O) groups is 2. The van der Waals surface area contributed by atoms with Crippen LogP contribution in [0.2, 0.25) is 0 Å². The van der Waals surface area contributed by atoms with Gasteiger partial charge in [-0.15, -0.1) is 0 Å². The van der Waals surface area contributed by atoms with Gasteiger partial charge in [-0.05, 0) is 38.2 Å². The fourth-order valence-corrected chi connectivity index (χ4v) is 2.73. The Balaban J connectivity index is 2.43. The lowest BCUT2D eigenvalue weighted by Crippen LogP contribution is -2.53. The number of amides is 2. The number of nitrogens with one attached hydrogen (secondary N) is 1. The minimum atomic E-state index is -0.441. The van der Waals surface area contributed by atoms with Crippen LogP contribution in [0.1, 0.15) is 26.2 Å². The van der Waals surface area contributed by atoms with Gasteiger partial charge in [-0.1, -0.05) is 0 Å². The topological polar surface area (TPSA) is 84.7 Å². The number of nitrogens with zero attached hydrogens (tertiary/aromatic N) is 1. The predicted molar refractivity (Wildman–Crippen MR) is 80.7 cm³/mol. The number of likely N-dealkylation sites (tertiary alicyclic amines) is 1. The van der Waals surface area contributed by atoms with E-state index in [9.17, 15) is 9.59 Å². The summed E-state index contributed by atoms with van der Waals surface area (Å²) in [6, 6.07) is -0.483. The van der Waals surface area contributed by atoms with Crippen molar-refractivity contribution in [3.8, 4) is 0 Å². The molecule has 6 nitrogen and oxygen atoms in total. The molecule has 0 aromatic heterocycles. The maximum absolute atomic E-state index is 12.2. The van der Waals surface area contributed by atoms with Gasteiger partial charge < -0.3 is 20.7 Å². The van der Waals surface area contributed by atoms with E-state index in [-0.39, 0.29) is 11.9 Å². The molecule has 1 aliphatic heterocycles. The van der Waals surface area contributed by atoms with Gasteiger partial charge in [0.2, 0.25) is 5.91 Å². The first-order chi connectivity index (χ1) is 9.58. The molecule has 0 aliphatic carbocycles. The van der Waals surface area contributed by atoms with E-state index in [1.54, 1.807) is 23.6 Å². The number of alkyl carbamates (subject to hydrolysis) is 1. The van der Waals surface area contributed by atoms with Gasteiger partial charge in [-0.2, -0.15) is 11.8 Å². The second-order valence-corrected chi connectivity index (χ2v) is 5.86. The smallest absolute Gasteiger partial charge is 0.407 e. The van der Waals surface area contributed by atoms with Crippen molar-refractivity contribution < 1.29 is 14.3 Å². The van der Waals surface area contributed by atoms with Crippen LogP contribution in [-0.4, -0.2) is 60.7 Å². The van der Waals surface area contributed by atoms with Crippen molar-refractivity contribution >= 4 is 23.8 Å². The monoisotopic (exact) mass is 303 g/mol. The quantitative estimate of drug-likeness (QED) is 0.758. The summed E-state index contributed by atoms with van der Waals surface area (Å²) in [5, 5.41) is 2.79. The summed E-state index contributed by atoms with van der Waals surface area (Å²) in [5.74, 6) is 0.861. The van der Waals surface area contributed by atoms with Crippen LogP contribution in [0.25, 0.3) is 0 Å². The molecule has 7 heteroatoms. The first-order valence-electron chi connectivity index (χ1n) is 7.05. The lowest BCUT2D eigenvalue weighted by Gasteiger charge is -2.34. The maximum atomic E-state index is 12.2. The number of hydrogen-bond donors (Lipinski definition) is 2. The summed E-state index contributed by atoms with van der Waals surface area (Å²) in [6.45, 7) is 3.35. The van der Waals surface area contributed by atoms with Gasteiger partial charge in [0.15, 0.2) is 0 Å². The standard InChI is InChI=1S/C13H25N3O3S/c1-3-19-13(18)15-10-5-4-7-16(9-10)12(17)11(14)6-8-20-2/h10-11H,3-9,14H2,1-2H3,(H,15,18)/t10?,11-/m0/s1. The van der Waals surface area contributed by atoms with Gasteiger partial charge in [0.05, 0.1) is 12.6 Å². The second-order valence-electron chi connectivity index (χ2n) is 4.88. The number of carbonyl (C=O) groups excluding carboxylic acids is 2. The third kappa shape index (κ3) is 5.58. The molecule has 0 aromatic carbocycles. The van der Waals surface area contributed by atoms with Gasteiger partial charge in [-0.3, -0.25) is 4.79 Å². The summed E-state index contributed by atoms with van der Waals surface area (Å²) in [5.41, 5.74) is 5.91. The predicted octanol–water partition coefficient (Wildman–Crippen LogP) is 0.804. The van der Waals surface area contributed by atoms with E-state index in [4.69, 9.17) is 10.5 Å². The third-order valence-corrected chi connectivity index (χ3v) is 3.92. The summed E-state index contributed by atoms with van der Waals surface area (Å²) < 4.78 is 4.86.